The van der Waals surface area contributed by atoms with Gasteiger partial charge in [-0.2, -0.15) is 0 Å². The van der Waals surface area contributed by atoms with Crippen LogP contribution in [-0.4, -0.2) is 24.8 Å². The molecule has 0 heterocycles. The van der Waals surface area contributed by atoms with Gasteiger partial charge in [0.15, 0.2) is 11.5 Å². The van der Waals surface area contributed by atoms with E-state index in [1.165, 1.54) is 37.5 Å². The molecule has 0 saturated carbocycles. The highest BCUT2D eigenvalue weighted by atomic mass is 19.1. The molecule has 0 aliphatic heterocycles. The Kier molecular flexibility index (Phi) is 5.95. The second-order valence-corrected chi connectivity index (χ2v) is 5.13. The highest BCUT2D eigenvalue weighted by Crippen LogP contribution is 2.30. The van der Waals surface area contributed by atoms with Gasteiger partial charge < -0.3 is 14.6 Å². The molecule has 0 amide bonds. The van der Waals surface area contributed by atoms with E-state index in [1.54, 1.807) is 18.2 Å². The van der Waals surface area contributed by atoms with E-state index in [9.17, 15) is 14.3 Å². The Balaban J connectivity index is 2.38. The summed E-state index contributed by atoms with van der Waals surface area (Å²) in [6.45, 7) is 2.58. The van der Waals surface area contributed by atoms with E-state index in [-0.39, 0.29) is 5.57 Å². The first-order valence-electron chi connectivity index (χ1n) is 7.57. The summed E-state index contributed by atoms with van der Waals surface area (Å²) in [5.74, 6) is -0.370. The van der Waals surface area contributed by atoms with Gasteiger partial charge in [0.05, 0.1) is 19.3 Å². The van der Waals surface area contributed by atoms with Gasteiger partial charge in [0.2, 0.25) is 0 Å². The monoisotopic (exact) mass is 330 g/mol. The lowest BCUT2D eigenvalue weighted by atomic mass is 10.0. The van der Waals surface area contributed by atoms with Gasteiger partial charge in [0.25, 0.3) is 0 Å². The molecule has 24 heavy (non-hydrogen) atoms. The Bertz CT molecular complexity index is 736. The predicted octanol–water partition coefficient (Wildman–Crippen LogP) is 4.25. The highest BCUT2D eigenvalue weighted by molar-refractivity contribution is 6.20. The average Bonchev–Trinajstić information content (AvgIpc) is 2.59. The van der Waals surface area contributed by atoms with E-state index in [4.69, 9.17) is 9.47 Å². The van der Waals surface area contributed by atoms with Crippen molar-refractivity contribution in [1.82, 2.24) is 0 Å². The van der Waals surface area contributed by atoms with Crippen molar-refractivity contribution in [2.45, 2.75) is 13.3 Å². The van der Waals surface area contributed by atoms with Crippen molar-refractivity contribution in [3.05, 3.63) is 59.4 Å². The van der Waals surface area contributed by atoms with Gasteiger partial charge in [-0.3, -0.25) is 0 Å². The van der Waals surface area contributed by atoms with Gasteiger partial charge in [0.1, 0.15) is 5.82 Å². The first kappa shape index (κ1) is 17.5. The van der Waals surface area contributed by atoms with Gasteiger partial charge in [0, 0.05) is 0 Å². The molecular formula is C19H19FO4. The van der Waals surface area contributed by atoms with E-state index in [1.807, 2.05) is 6.92 Å². The van der Waals surface area contributed by atoms with Gasteiger partial charge in [-0.1, -0.05) is 25.1 Å². The number of benzene rings is 2. The Labute approximate surface area is 140 Å². The number of hydrogen-bond acceptors (Lipinski definition) is 3. The molecule has 0 aromatic heterocycles. The van der Waals surface area contributed by atoms with Crippen LogP contribution < -0.4 is 9.47 Å². The lowest BCUT2D eigenvalue weighted by Crippen LogP contribution is -2.00. The standard InChI is InChI=1S/C19H19FO4/c1-3-10-24-17-9-4-13(12-18(17)23-2)11-16(19(21)22)14-5-7-15(20)8-6-14/h4-9,11-12H,3,10H2,1-2H3,(H,21,22)/b16-11-. The quantitative estimate of drug-likeness (QED) is 0.609. The summed E-state index contributed by atoms with van der Waals surface area (Å²) in [5.41, 5.74) is 1.14. The van der Waals surface area contributed by atoms with Crippen LogP contribution in [0.15, 0.2) is 42.5 Å². The zero-order chi connectivity index (χ0) is 17.5. The summed E-state index contributed by atoms with van der Waals surface area (Å²) in [6.07, 6.45) is 2.39. The number of halogens is 1. The van der Waals surface area contributed by atoms with Crippen LogP contribution in [0.4, 0.5) is 4.39 Å². The van der Waals surface area contributed by atoms with Crippen LogP contribution in [0.2, 0.25) is 0 Å². The zero-order valence-corrected chi connectivity index (χ0v) is 13.6. The summed E-state index contributed by atoms with van der Waals surface area (Å²) in [7, 11) is 1.53. The first-order valence-corrected chi connectivity index (χ1v) is 7.57. The van der Waals surface area contributed by atoms with Crippen molar-refractivity contribution in [2.75, 3.05) is 13.7 Å². The van der Waals surface area contributed by atoms with Crippen molar-refractivity contribution in [3.8, 4) is 11.5 Å². The summed E-state index contributed by atoms with van der Waals surface area (Å²) >= 11 is 0. The number of hydrogen-bond donors (Lipinski definition) is 1. The maximum atomic E-state index is 13.0. The molecule has 126 valence electrons. The second-order valence-electron chi connectivity index (χ2n) is 5.13. The van der Waals surface area contributed by atoms with Gasteiger partial charge in [-0.15, -0.1) is 0 Å². The normalized spacial score (nSPS) is 11.2. The van der Waals surface area contributed by atoms with Crippen LogP contribution in [0.3, 0.4) is 0 Å². The smallest absolute Gasteiger partial charge is 0.336 e. The molecule has 0 atom stereocenters. The van der Waals surface area contributed by atoms with E-state index < -0.39 is 11.8 Å². The fourth-order valence-corrected chi connectivity index (χ4v) is 2.17. The van der Waals surface area contributed by atoms with Crippen molar-refractivity contribution in [1.29, 1.82) is 0 Å². The average molecular weight is 330 g/mol. The van der Waals surface area contributed by atoms with E-state index in [0.717, 1.165) is 6.42 Å². The molecule has 4 nitrogen and oxygen atoms in total. The summed E-state index contributed by atoms with van der Waals surface area (Å²) < 4.78 is 23.9. The van der Waals surface area contributed by atoms with Crippen LogP contribution in [0.1, 0.15) is 24.5 Å². The Morgan fingerprint density at radius 2 is 1.88 bits per heavy atom. The SMILES string of the molecule is CCCOc1ccc(/C=C(\C(=O)O)c2ccc(F)cc2)cc1OC. The molecule has 0 aliphatic rings. The molecule has 1 N–H and O–H groups in total. The molecule has 0 fully saturated rings. The zero-order valence-electron chi connectivity index (χ0n) is 13.6. The summed E-state index contributed by atoms with van der Waals surface area (Å²) in [5, 5.41) is 9.44. The van der Waals surface area contributed by atoms with Gasteiger partial charge >= 0.3 is 5.97 Å². The molecule has 0 bridgehead atoms. The number of carboxylic acid groups (broad SMARTS) is 1. The fraction of sp³-hybridized carbons (Fsp3) is 0.211. The van der Waals surface area contributed by atoms with E-state index >= 15 is 0 Å². The third-order valence-electron chi connectivity index (χ3n) is 3.35. The van der Waals surface area contributed by atoms with Gasteiger partial charge in [-0.25, -0.2) is 9.18 Å². The molecule has 0 saturated heterocycles. The molecule has 2 aromatic carbocycles. The lowest BCUT2D eigenvalue weighted by Gasteiger charge is -2.11. The molecular weight excluding hydrogens is 311 g/mol. The molecule has 0 unspecified atom stereocenters. The van der Waals surface area contributed by atoms with E-state index in [0.29, 0.717) is 29.2 Å². The number of methoxy groups -OCH3 is 1. The fourth-order valence-electron chi connectivity index (χ4n) is 2.17. The Hall–Kier alpha value is -2.82. The maximum Gasteiger partial charge on any atom is 0.336 e. The lowest BCUT2D eigenvalue weighted by molar-refractivity contribution is -0.130. The van der Waals surface area contributed by atoms with Crippen LogP contribution in [0.25, 0.3) is 11.6 Å². The van der Waals surface area contributed by atoms with Crippen molar-refractivity contribution < 1.29 is 23.8 Å². The molecule has 2 rings (SSSR count). The largest absolute Gasteiger partial charge is 0.493 e. The van der Waals surface area contributed by atoms with Crippen molar-refractivity contribution in [2.24, 2.45) is 0 Å². The van der Waals surface area contributed by atoms with Gasteiger partial charge in [-0.05, 0) is 47.9 Å². The van der Waals surface area contributed by atoms with Crippen molar-refractivity contribution >= 4 is 17.6 Å². The number of rotatable bonds is 7. The topological polar surface area (TPSA) is 55.8 Å². The number of aliphatic carboxylic acids is 1. The predicted molar refractivity (Wildman–Crippen MR) is 90.7 cm³/mol. The summed E-state index contributed by atoms with van der Waals surface area (Å²) in [4.78, 5) is 11.5. The van der Waals surface area contributed by atoms with E-state index in [2.05, 4.69) is 0 Å². The Morgan fingerprint density at radius 3 is 2.46 bits per heavy atom. The Morgan fingerprint density at radius 1 is 1.17 bits per heavy atom. The van der Waals surface area contributed by atoms with Crippen LogP contribution in [0, 0.1) is 5.82 Å². The molecule has 2 aromatic rings. The summed E-state index contributed by atoms with van der Waals surface area (Å²) in [6, 6.07) is 10.5. The van der Waals surface area contributed by atoms with Crippen LogP contribution in [-0.2, 0) is 4.79 Å². The third-order valence-corrected chi connectivity index (χ3v) is 3.35. The molecule has 0 aliphatic carbocycles. The first-order chi connectivity index (χ1) is 11.5. The minimum atomic E-state index is -1.09. The number of carboxylic acids is 1. The minimum absolute atomic E-state index is 0.0688. The third kappa shape index (κ3) is 4.35. The molecule has 0 spiro atoms. The molecule has 0 radical (unpaired) electrons. The van der Waals surface area contributed by atoms with Crippen LogP contribution >= 0.6 is 0 Å². The number of carbonyl (C=O) groups is 1. The highest BCUT2D eigenvalue weighted by Gasteiger charge is 2.12. The minimum Gasteiger partial charge on any atom is -0.493 e. The molecule has 5 heteroatoms. The second kappa shape index (κ2) is 8.15. The maximum absolute atomic E-state index is 13.0. The van der Waals surface area contributed by atoms with Crippen LogP contribution in [0.5, 0.6) is 11.5 Å². The number of ether oxygens (including phenoxy) is 2. The van der Waals surface area contributed by atoms with Crippen molar-refractivity contribution in [3.63, 3.8) is 0 Å².